The molecule has 1 amide bonds. The Hall–Kier alpha value is -4.86. The van der Waals surface area contributed by atoms with Gasteiger partial charge < -0.3 is 38.2 Å². The predicted molar refractivity (Wildman–Crippen MR) is 141 cm³/mol. The first-order valence-corrected chi connectivity index (χ1v) is 11.4. The lowest BCUT2D eigenvalue weighted by atomic mass is 10.1. The van der Waals surface area contributed by atoms with Crippen LogP contribution in [0, 0.1) is 0 Å². The van der Waals surface area contributed by atoms with Gasteiger partial charge in [0.05, 0.1) is 35.5 Å². The average molecular weight is 522 g/mol. The molecule has 0 radical (unpaired) electrons. The van der Waals surface area contributed by atoms with Crippen LogP contribution in [-0.2, 0) is 4.79 Å². The van der Waals surface area contributed by atoms with Crippen molar-refractivity contribution in [2.24, 2.45) is 0 Å². The molecule has 0 saturated heterocycles. The molecule has 0 aliphatic carbocycles. The molecule has 1 N–H and O–H groups in total. The molecular weight excluding hydrogens is 494 g/mol. The number of nitrogens with one attached hydrogen (secondary N) is 1. The number of hydrogen-bond donors (Lipinski definition) is 1. The predicted octanol–water partition coefficient (Wildman–Crippen LogP) is 4.52. The highest BCUT2D eigenvalue weighted by Gasteiger charge is 2.25. The quantitative estimate of drug-likeness (QED) is 0.322. The Morgan fingerprint density at radius 2 is 1.45 bits per heavy atom. The van der Waals surface area contributed by atoms with Crippen molar-refractivity contribution in [3.8, 4) is 45.8 Å². The van der Waals surface area contributed by atoms with Gasteiger partial charge in [0.25, 0.3) is 5.91 Å². The second-order valence-corrected chi connectivity index (χ2v) is 7.91. The van der Waals surface area contributed by atoms with Crippen LogP contribution in [-0.4, -0.2) is 48.1 Å². The molecule has 10 heteroatoms. The van der Waals surface area contributed by atoms with Gasteiger partial charge in [0.15, 0.2) is 23.9 Å². The number of methoxy groups -OCH3 is 5. The molecule has 0 aliphatic heterocycles. The number of carbonyl (C=O) groups excluding carboxylic acids is 1. The molecule has 1 heterocycles. The van der Waals surface area contributed by atoms with E-state index >= 15 is 0 Å². The third-order valence-electron chi connectivity index (χ3n) is 5.68. The van der Waals surface area contributed by atoms with Crippen LogP contribution in [0.1, 0.15) is 0 Å². The summed E-state index contributed by atoms with van der Waals surface area (Å²) in [5.74, 6) is 1.06. The molecule has 0 saturated carbocycles. The van der Waals surface area contributed by atoms with E-state index in [0.717, 1.165) is 0 Å². The van der Waals surface area contributed by atoms with Gasteiger partial charge in [-0.05, 0) is 24.3 Å². The van der Waals surface area contributed by atoms with Crippen molar-refractivity contribution in [2.75, 3.05) is 47.5 Å². The largest absolute Gasteiger partial charge is 0.496 e. The highest BCUT2D eigenvalue weighted by molar-refractivity contribution is 5.92. The highest BCUT2D eigenvalue weighted by Crippen LogP contribution is 2.44. The van der Waals surface area contributed by atoms with Crippen molar-refractivity contribution in [1.82, 2.24) is 0 Å². The lowest BCUT2D eigenvalue weighted by molar-refractivity contribution is -0.118. The summed E-state index contributed by atoms with van der Waals surface area (Å²) < 4.78 is 39.1. The standard InChI is InChI=1S/C28H27NO9/c1-32-18-13-19(33-2)24-20(14-18)38-26(16-11-21(34-3)27(36-5)22(12-16)35-4)28(25(24)31)37-15-23(30)29-17-9-7-6-8-10-17/h6-14H,15H2,1-5H3,(H,29,30). The zero-order valence-electron chi connectivity index (χ0n) is 21.6. The molecule has 3 aromatic carbocycles. The number of carbonyl (C=O) groups is 1. The first-order valence-electron chi connectivity index (χ1n) is 11.4. The molecule has 198 valence electrons. The molecule has 0 unspecified atom stereocenters. The number of para-hydroxylation sites is 1. The molecule has 0 spiro atoms. The van der Waals surface area contributed by atoms with E-state index in [4.69, 9.17) is 32.8 Å². The fourth-order valence-electron chi connectivity index (χ4n) is 3.91. The maximum Gasteiger partial charge on any atom is 0.262 e. The van der Waals surface area contributed by atoms with E-state index in [1.807, 2.05) is 6.07 Å². The number of amides is 1. The lowest BCUT2D eigenvalue weighted by Crippen LogP contribution is -2.22. The molecule has 1 aromatic heterocycles. The number of anilines is 1. The van der Waals surface area contributed by atoms with Crippen LogP contribution in [0.2, 0.25) is 0 Å². The Labute approximate surface area is 218 Å². The lowest BCUT2D eigenvalue weighted by Gasteiger charge is -2.17. The number of benzene rings is 3. The van der Waals surface area contributed by atoms with Gasteiger partial charge >= 0.3 is 0 Å². The van der Waals surface area contributed by atoms with E-state index in [2.05, 4.69) is 5.32 Å². The van der Waals surface area contributed by atoms with Gasteiger partial charge in [-0.3, -0.25) is 9.59 Å². The molecule has 4 rings (SSSR count). The SMILES string of the molecule is COc1cc(OC)c2c(=O)c(OCC(=O)Nc3ccccc3)c(-c3cc(OC)c(OC)c(OC)c3)oc2c1. The van der Waals surface area contributed by atoms with E-state index in [1.54, 1.807) is 48.5 Å². The molecule has 0 aliphatic rings. The summed E-state index contributed by atoms with van der Waals surface area (Å²) in [5.41, 5.74) is 0.627. The van der Waals surface area contributed by atoms with E-state index in [9.17, 15) is 9.59 Å². The Balaban J connectivity index is 1.88. The van der Waals surface area contributed by atoms with Gasteiger partial charge in [-0.2, -0.15) is 0 Å². The zero-order valence-corrected chi connectivity index (χ0v) is 21.6. The van der Waals surface area contributed by atoms with Crippen LogP contribution in [0.25, 0.3) is 22.3 Å². The van der Waals surface area contributed by atoms with Gasteiger partial charge in [0.1, 0.15) is 22.5 Å². The summed E-state index contributed by atoms with van der Waals surface area (Å²) in [6.07, 6.45) is 0. The van der Waals surface area contributed by atoms with E-state index in [1.165, 1.54) is 35.5 Å². The first kappa shape index (κ1) is 26.2. The third-order valence-corrected chi connectivity index (χ3v) is 5.68. The molecule has 0 fully saturated rings. The summed E-state index contributed by atoms with van der Waals surface area (Å²) in [6, 6.07) is 15.2. The molecule has 0 bridgehead atoms. The molecule has 38 heavy (non-hydrogen) atoms. The number of hydrogen-bond acceptors (Lipinski definition) is 9. The van der Waals surface area contributed by atoms with Crippen molar-refractivity contribution < 1.29 is 37.6 Å². The van der Waals surface area contributed by atoms with Gasteiger partial charge in [-0.25, -0.2) is 0 Å². The van der Waals surface area contributed by atoms with Crippen molar-refractivity contribution in [1.29, 1.82) is 0 Å². The Bertz CT molecular complexity index is 1490. The Morgan fingerprint density at radius 1 is 0.789 bits per heavy atom. The van der Waals surface area contributed by atoms with Crippen molar-refractivity contribution in [3.63, 3.8) is 0 Å². The topological polar surface area (TPSA) is 115 Å². The highest BCUT2D eigenvalue weighted by atomic mass is 16.5. The van der Waals surface area contributed by atoms with E-state index in [-0.39, 0.29) is 28.2 Å². The Kier molecular flexibility index (Phi) is 7.91. The summed E-state index contributed by atoms with van der Waals surface area (Å²) in [4.78, 5) is 26.4. The molecule has 0 atom stereocenters. The summed E-state index contributed by atoms with van der Waals surface area (Å²) >= 11 is 0. The van der Waals surface area contributed by atoms with Gasteiger partial charge in [-0.1, -0.05) is 18.2 Å². The average Bonchev–Trinajstić information content (AvgIpc) is 2.95. The van der Waals surface area contributed by atoms with Crippen molar-refractivity contribution in [2.45, 2.75) is 0 Å². The normalized spacial score (nSPS) is 10.6. The molecule has 4 aromatic rings. The van der Waals surface area contributed by atoms with Crippen molar-refractivity contribution in [3.05, 3.63) is 64.8 Å². The van der Waals surface area contributed by atoms with Gasteiger partial charge in [0.2, 0.25) is 16.9 Å². The summed E-state index contributed by atoms with van der Waals surface area (Å²) in [5, 5.41) is 2.85. The van der Waals surface area contributed by atoms with Crippen molar-refractivity contribution >= 4 is 22.6 Å². The second-order valence-electron chi connectivity index (χ2n) is 7.91. The number of ether oxygens (including phenoxy) is 6. The van der Waals surface area contributed by atoms with Crippen LogP contribution >= 0.6 is 0 Å². The maximum atomic E-state index is 13.8. The van der Waals surface area contributed by atoms with Crippen LogP contribution in [0.15, 0.2) is 63.8 Å². The smallest absolute Gasteiger partial charge is 0.262 e. The van der Waals surface area contributed by atoms with Crippen LogP contribution in [0.4, 0.5) is 5.69 Å². The molecule has 10 nitrogen and oxygen atoms in total. The minimum Gasteiger partial charge on any atom is -0.496 e. The Morgan fingerprint density at radius 3 is 2.03 bits per heavy atom. The fraction of sp³-hybridized carbons (Fsp3) is 0.214. The summed E-state index contributed by atoms with van der Waals surface area (Å²) in [7, 11) is 7.34. The van der Waals surface area contributed by atoms with Crippen LogP contribution in [0.3, 0.4) is 0 Å². The summed E-state index contributed by atoms with van der Waals surface area (Å²) in [6.45, 7) is -0.457. The van der Waals surface area contributed by atoms with E-state index < -0.39 is 17.9 Å². The molecular formula is C28H27NO9. The second kappa shape index (κ2) is 11.5. The zero-order chi connectivity index (χ0) is 27.2. The van der Waals surface area contributed by atoms with Gasteiger partial charge in [0, 0.05) is 23.4 Å². The van der Waals surface area contributed by atoms with Gasteiger partial charge in [-0.15, -0.1) is 0 Å². The minimum atomic E-state index is -0.540. The maximum absolute atomic E-state index is 13.8. The third kappa shape index (κ3) is 5.15. The number of fused-ring (bicyclic) bond motifs is 1. The fourth-order valence-corrected chi connectivity index (χ4v) is 3.91. The van der Waals surface area contributed by atoms with E-state index in [0.29, 0.717) is 34.2 Å². The van der Waals surface area contributed by atoms with Crippen LogP contribution < -0.4 is 39.2 Å². The van der Waals surface area contributed by atoms with Crippen LogP contribution in [0.5, 0.6) is 34.5 Å². The number of rotatable bonds is 10. The first-order chi connectivity index (χ1) is 18.4. The minimum absolute atomic E-state index is 0.0459. The monoisotopic (exact) mass is 521 g/mol.